The van der Waals surface area contributed by atoms with Gasteiger partial charge >= 0.3 is 0 Å². The van der Waals surface area contributed by atoms with E-state index in [9.17, 15) is 0 Å². The van der Waals surface area contributed by atoms with Gasteiger partial charge < -0.3 is 8.98 Å². The topological polar surface area (TPSA) is 18.1 Å². The van der Waals surface area contributed by atoms with Gasteiger partial charge in [-0.2, -0.15) is 0 Å². The summed E-state index contributed by atoms with van der Waals surface area (Å²) in [7, 11) is 0. The van der Waals surface area contributed by atoms with Gasteiger partial charge in [-0.3, -0.25) is 0 Å². The first kappa shape index (κ1) is 15.1. The standard InChI is InChI=1S/C24H14BrNO/c25-18-10-5-9-17-23-21(13-6-14-22(23)27-24(17)18)26-19-11-3-1-7-15(19)16-8-2-4-12-20(16)26/h1-14H. The van der Waals surface area contributed by atoms with Crippen molar-refractivity contribution in [2.45, 2.75) is 0 Å². The number of rotatable bonds is 1. The third-order valence-electron chi connectivity index (χ3n) is 5.27. The van der Waals surface area contributed by atoms with Crippen LogP contribution in [0, 0.1) is 0 Å². The van der Waals surface area contributed by atoms with Gasteiger partial charge in [0.25, 0.3) is 0 Å². The Bertz CT molecular complexity index is 1440. The Kier molecular flexibility index (Phi) is 3.06. The van der Waals surface area contributed by atoms with Gasteiger partial charge in [-0.25, -0.2) is 0 Å². The first-order chi connectivity index (χ1) is 13.3. The molecular weight excluding hydrogens is 398 g/mol. The van der Waals surface area contributed by atoms with E-state index in [1.165, 1.54) is 21.8 Å². The highest BCUT2D eigenvalue weighted by atomic mass is 79.9. The SMILES string of the molecule is Brc1cccc2c1oc1cccc(-n3c4ccccc4c4ccccc43)c12. The summed E-state index contributed by atoms with van der Waals surface area (Å²) in [6.45, 7) is 0. The van der Waals surface area contributed by atoms with E-state index < -0.39 is 0 Å². The van der Waals surface area contributed by atoms with Crippen molar-refractivity contribution in [3.8, 4) is 5.69 Å². The maximum Gasteiger partial charge on any atom is 0.149 e. The average molecular weight is 412 g/mol. The summed E-state index contributed by atoms with van der Waals surface area (Å²) < 4.78 is 9.51. The summed E-state index contributed by atoms with van der Waals surface area (Å²) in [4.78, 5) is 0. The lowest BCUT2D eigenvalue weighted by Gasteiger charge is -2.09. The van der Waals surface area contributed by atoms with E-state index >= 15 is 0 Å². The third kappa shape index (κ3) is 2.00. The molecule has 0 aliphatic carbocycles. The van der Waals surface area contributed by atoms with Crippen LogP contribution < -0.4 is 0 Å². The average Bonchev–Trinajstić information content (AvgIpc) is 3.25. The molecule has 0 unspecified atom stereocenters. The van der Waals surface area contributed by atoms with E-state index in [4.69, 9.17) is 4.42 Å². The van der Waals surface area contributed by atoms with E-state index in [1.54, 1.807) is 0 Å². The van der Waals surface area contributed by atoms with Crippen LogP contribution in [0.4, 0.5) is 0 Å². The number of halogens is 1. The zero-order chi connectivity index (χ0) is 18.0. The minimum absolute atomic E-state index is 0.890. The molecule has 0 fully saturated rings. The lowest BCUT2D eigenvalue weighted by atomic mass is 10.1. The largest absolute Gasteiger partial charge is 0.455 e. The fourth-order valence-electron chi connectivity index (χ4n) is 4.16. The molecule has 0 bridgehead atoms. The van der Waals surface area contributed by atoms with Gasteiger partial charge in [0, 0.05) is 16.2 Å². The zero-order valence-corrected chi connectivity index (χ0v) is 15.9. The van der Waals surface area contributed by atoms with Crippen molar-refractivity contribution in [1.29, 1.82) is 0 Å². The summed E-state index contributed by atoms with van der Waals surface area (Å²) in [6, 6.07) is 29.7. The van der Waals surface area contributed by atoms with Gasteiger partial charge in [0.2, 0.25) is 0 Å². The van der Waals surface area contributed by atoms with Crippen molar-refractivity contribution in [1.82, 2.24) is 4.57 Å². The summed E-state index contributed by atoms with van der Waals surface area (Å²) in [5.41, 5.74) is 5.34. The number of hydrogen-bond donors (Lipinski definition) is 0. The van der Waals surface area contributed by atoms with Crippen LogP contribution in [0.3, 0.4) is 0 Å². The molecule has 0 aliphatic heterocycles. The number of aromatic nitrogens is 1. The number of hydrogen-bond acceptors (Lipinski definition) is 1. The Morgan fingerprint density at radius 3 is 2.00 bits per heavy atom. The minimum Gasteiger partial charge on any atom is -0.455 e. The lowest BCUT2D eigenvalue weighted by Crippen LogP contribution is -1.94. The second kappa shape index (κ2) is 5.48. The molecule has 0 N–H and O–H groups in total. The fourth-order valence-corrected chi connectivity index (χ4v) is 4.61. The first-order valence-electron chi connectivity index (χ1n) is 8.91. The van der Waals surface area contributed by atoms with Crippen molar-refractivity contribution < 1.29 is 4.42 Å². The van der Waals surface area contributed by atoms with Gasteiger partial charge in [0.1, 0.15) is 11.2 Å². The Hall–Kier alpha value is -3.04. The predicted molar refractivity (Wildman–Crippen MR) is 116 cm³/mol. The third-order valence-corrected chi connectivity index (χ3v) is 5.90. The Balaban J connectivity index is 1.87. The van der Waals surface area contributed by atoms with Crippen molar-refractivity contribution in [2.24, 2.45) is 0 Å². The molecule has 0 radical (unpaired) electrons. The molecule has 128 valence electrons. The Labute approximate surface area is 163 Å². The van der Waals surface area contributed by atoms with Gasteiger partial charge in [-0.15, -0.1) is 0 Å². The second-order valence-electron chi connectivity index (χ2n) is 6.74. The number of furan rings is 1. The molecule has 27 heavy (non-hydrogen) atoms. The molecule has 2 nitrogen and oxygen atoms in total. The minimum atomic E-state index is 0.890. The first-order valence-corrected chi connectivity index (χ1v) is 9.70. The number of benzene rings is 4. The van der Waals surface area contributed by atoms with Crippen LogP contribution in [0.2, 0.25) is 0 Å². The smallest absolute Gasteiger partial charge is 0.149 e. The predicted octanol–water partition coefficient (Wildman–Crippen LogP) is 7.45. The van der Waals surface area contributed by atoms with Crippen LogP contribution in [0.1, 0.15) is 0 Å². The van der Waals surface area contributed by atoms with E-state index in [0.717, 1.165) is 32.1 Å². The van der Waals surface area contributed by atoms with E-state index in [0.29, 0.717) is 0 Å². The maximum atomic E-state index is 6.19. The molecule has 0 aliphatic rings. The van der Waals surface area contributed by atoms with Crippen LogP contribution in [0.15, 0.2) is 93.8 Å². The molecule has 6 rings (SSSR count). The van der Waals surface area contributed by atoms with Crippen LogP contribution in [-0.4, -0.2) is 4.57 Å². The number of fused-ring (bicyclic) bond motifs is 6. The molecule has 0 atom stereocenters. The zero-order valence-electron chi connectivity index (χ0n) is 14.3. The summed E-state index contributed by atoms with van der Waals surface area (Å²) in [6.07, 6.45) is 0. The van der Waals surface area contributed by atoms with Crippen molar-refractivity contribution in [3.05, 3.63) is 89.4 Å². The quantitative estimate of drug-likeness (QED) is 0.274. The highest BCUT2D eigenvalue weighted by Crippen LogP contribution is 2.39. The molecule has 0 saturated carbocycles. The van der Waals surface area contributed by atoms with E-state index in [1.807, 2.05) is 12.1 Å². The molecule has 0 amide bonds. The summed E-state index contributed by atoms with van der Waals surface area (Å²) >= 11 is 3.63. The van der Waals surface area contributed by atoms with Gasteiger partial charge in [0.15, 0.2) is 0 Å². The molecule has 0 spiro atoms. The molecule has 2 aromatic heterocycles. The molecule has 0 saturated heterocycles. The molecule has 3 heteroatoms. The number of nitrogens with zero attached hydrogens (tertiary/aromatic N) is 1. The summed E-state index contributed by atoms with van der Waals surface area (Å²) in [5.74, 6) is 0. The Morgan fingerprint density at radius 2 is 1.26 bits per heavy atom. The van der Waals surface area contributed by atoms with Crippen LogP contribution in [0.5, 0.6) is 0 Å². The van der Waals surface area contributed by atoms with Crippen molar-refractivity contribution >= 4 is 59.7 Å². The maximum absolute atomic E-state index is 6.19. The lowest BCUT2D eigenvalue weighted by molar-refractivity contribution is 0.666. The molecular formula is C24H14BrNO. The highest BCUT2D eigenvalue weighted by Gasteiger charge is 2.17. The van der Waals surface area contributed by atoms with E-state index in [-0.39, 0.29) is 0 Å². The molecule has 4 aromatic carbocycles. The van der Waals surface area contributed by atoms with Gasteiger partial charge in [-0.1, -0.05) is 54.6 Å². The number of para-hydroxylation sites is 3. The monoisotopic (exact) mass is 411 g/mol. The normalized spacial score (nSPS) is 11.9. The Morgan fingerprint density at radius 1 is 0.630 bits per heavy atom. The van der Waals surface area contributed by atoms with Crippen LogP contribution >= 0.6 is 15.9 Å². The van der Waals surface area contributed by atoms with Gasteiger partial charge in [0.05, 0.1) is 26.6 Å². The van der Waals surface area contributed by atoms with Crippen molar-refractivity contribution in [3.63, 3.8) is 0 Å². The van der Waals surface area contributed by atoms with Crippen LogP contribution in [-0.2, 0) is 0 Å². The van der Waals surface area contributed by atoms with Crippen molar-refractivity contribution in [2.75, 3.05) is 0 Å². The second-order valence-corrected chi connectivity index (χ2v) is 7.59. The van der Waals surface area contributed by atoms with E-state index in [2.05, 4.69) is 93.3 Å². The van der Waals surface area contributed by atoms with Gasteiger partial charge in [-0.05, 0) is 46.3 Å². The highest BCUT2D eigenvalue weighted by molar-refractivity contribution is 9.10. The molecule has 6 aromatic rings. The fraction of sp³-hybridized carbons (Fsp3) is 0. The summed E-state index contributed by atoms with van der Waals surface area (Å²) in [5, 5.41) is 4.79. The molecule has 2 heterocycles. The van der Waals surface area contributed by atoms with Crippen LogP contribution in [0.25, 0.3) is 49.4 Å².